The fourth-order valence-electron chi connectivity index (χ4n) is 2.04. The minimum atomic E-state index is -0.227. The van der Waals surface area contributed by atoms with E-state index in [1.54, 1.807) is 18.3 Å². The molecule has 2 N–H and O–H groups in total. The summed E-state index contributed by atoms with van der Waals surface area (Å²) < 4.78 is 13.7. The van der Waals surface area contributed by atoms with Crippen LogP contribution in [0, 0.1) is 5.82 Å². The quantitative estimate of drug-likeness (QED) is 0.853. The summed E-state index contributed by atoms with van der Waals surface area (Å²) in [6.45, 7) is 2.98. The predicted molar refractivity (Wildman–Crippen MR) is 70.9 cm³/mol. The van der Waals surface area contributed by atoms with Crippen molar-refractivity contribution in [2.45, 2.75) is 19.3 Å². The van der Waals surface area contributed by atoms with Gasteiger partial charge >= 0.3 is 0 Å². The highest BCUT2D eigenvalue weighted by molar-refractivity contribution is 5.59. The molecule has 1 atom stereocenters. The minimum absolute atomic E-state index is 0.227. The molecule has 0 aliphatic heterocycles. The average Bonchev–Trinajstić information content (AvgIpc) is 2.85. The maximum absolute atomic E-state index is 13.7. The monoisotopic (exact) mass is 247 g/mol. The Morgan fingerprint density at radius 2 is 2.17 bits per heavy atom. The van der Waals surface area contributed by atoms with Crippen molar-refractivity contribution in [2.24, 2.45) is 0 Å². The first-order valence-corrected chi connectivity index (χ1v) is 6.20. The van der Waals surface area contributed by atoms with Crippen LogP contribution in [-0.2, 0) is 0 Å². The van der Waals surface area contributed by atoms with E-state index in [1.807, 2.05) is 13.1 Å². The molecule has 0 fully saturated rings. The summed E-state index contributed by atoms with van der Waals surface area (Å²) in [7, 11) is 1.92. The Bertz CT molecular complexity index is 507. The molecule has 0 aliphatic carbocycles. The molecule has 0 bridgehead atoms. The van der Waals surface area contributed by atoms with Crippen LogP contribution in [0.3, 0.4) is 0 Å². The molecule has 0 amide bonds. The average molecular weight is 247 g/mol. The lowest BCUT2D eigenvalue weighted by Crippen LogP contribution is -2.17. The number of aromatic amines is 1. The van der Waals surface area contributed by atoms with Gasteiger partial charge in [0.25, 0.3) is 0 Å². The third-order valence-corrected chi connectivity index (χ3v) is 3.09. The molecule has 96 valence electrons. The highest BCUT2D eigenvalue weighted by atomic mass is 19.1. The standard InChI is InChI=1S/C14H18FN3/c1-3-10(8-16-2)14-17-9-13(18-14)11-6-4-5-7-12(11)15/h4-7,9-10,16H,3,8H2,1-2H3,(H,17,18). The molecule has 2 rings (SSSR count). The first kappa shape index (κ1) is 12.8. The molecule has 3 nitrogen and oxygen atoms in total. The van der Waals surface area contributed by atoms with E-state index in [2.05, 4.69) is 22.2 Å². The van der Waals surface area contributed by atoms with Crippen LogP contribution < -0.4 is 5.32 Å². The second-order valence-electron chi connectivity index (χ2n) is 4.32. The van der Waals surface area contributed by atoms with E-state index in [0.29, 0.717) is 11.5 Å². The molecule has 1 heterocycles. The van der Waals surface area contributed by atoms with Gasteiger partial charge in [-0.3, -0.25) is 0 Å². The van der Waals surface area contributed by atoms with E-state index in [1.165, 1.54) is 6.07 Å². The minimum Gasteiger partial charge on any atom is -0.342 e. The summed E-state index contributed by atoms with van der Waals surface area (Å²) in [5.74, 6) is 1.01. The van der Waals surface area contributed by atoms with Gasteiger partial charge in [-0.2, -0.15) is 0 Å². The van der Waals surface area contributed by atoms with Crippen LogP contribution in [0.1, 0.15) is 25.1 Å². The second kappa shape index (κ2) is 5.78. The Morgan fingerprint density at radius 3 is 2.83 bits per heavy atom. The fourth-order valence-corrected chi connectivity index (χ4v) is 2.04. The van der Waals surface area contributed by atoms with Crippen molar-refractivity contribution in [1.82, 2.24) is 15.3 Å². The zero-order chi connectivity index (χ0) is 13.0. The van der Waals surface area contributed by atoms with Gasteiger partial charge in [0, 0.05) is 18.0 Å². The number of rotatable bonds is 5. The molecule has 0 saturated heterocycles. The maximum Gasteiger partial charge on any atom is 0.132 e. The molecule has 1 aromatic heterocycles. The molecule has 0 radical (unpaired) electrons. The maximum atomic E-state index is 13.7. The lowest BCUT2D eigenvalue weighted by molar-refractivity contribution is 0.585. The van der Waals surface area contributed by atoms with Crippen molar-refractivity contribution in [3.8, 4) is 11.3 Å². The normalized spacial score (nSPS) is 12.6. The highest BCUT2D eigenvalue weighted by Gasteiger charge is 2.14. The zero-order valence-corrected chi connectivity index (χ0v) is 10.7. The molecule has 0 aliphatic rings. The number of H-pyrrole nitrogens is 1. The first-order chi connectivity index (χ1) is 8.76. The Morgan fingerprint density at radius 1 is 1.39 bits per heavy atom. The molecule has 0 spiro atoms. The molecular formula is C14H18FN3. The molecule has 0 saturated carbocycles. The third kappa shape index (κ3) is 2.59. The van der Waals surface area contributed by atoms with Crippen LogP contribution in [0.5, 0.6) is 0 Å². The summed E-state index contributed by atoms with van der Waals surface area (Å²) in [5, 5.41) is 3.14. The zero-order valence-electron chi connectivity index (χ0n) is 10.7. The number of nitrogens with one attached hydrogen (secondary N) is 2. The summed E-state index contributed by atoms with van der Waals surface area (Å²) in [4.78, 5) is 7.58. The van der Waals surface area contributed by atoms with Crippen LogP contribution in [-0.4, -0.2) is 23.6 Å². The Hall–Kier alpha value is -1.68. The molecule has 2 aromatic rings. The number of likely N-dealkylation sites (N-methyl/N-ethyl adjacent to an activating group) is 1. The molecule has 1 unspecified atom stereocenters. The number of hydrogen-bond acceptors (Lipinski definition) is 2. The lowest BCUT2D eigenvalue weighted by atomic mass is 10.1. The number of aromatic nitrogens is 2. The summed E-state index contributed by atoms with van der Waals surface area (Å²) >= 11 is 0. The Balaban J connectivity index is 2.28. The lowest BCUT2D eigenvalue weighted by Gasteiger charge is -2.10. The van der Waals surface area contributed by atoms with Crippen molar-refractivity contribution < 1.29 is 4.39 Å². The second-order valence-corrected chi connectivity index (χ2v) is 4.32. The number of nitrogens with zero attached hydrogens (tertiary/aromatic N) is 1. The number of hydrogen-bond donors (Lipinski definition) is 2. The van der Waals surface area contributed by atoms with Gasteiger partial charge in [-0.25, -0.2) is 9.37 Å². The molecule has 18 heavy (non-hydrogen) atoms. The van der Waals surface area contributed by atoms with Gasteiger partial charge in [-0.15, -0.1) is 0 Å². The van der Waals surface area contributed by atoms with E-state index in [4.69, 9.17) is 0 Å². The van der Waals surface area contributed by atoms with E-state index < -0.39 is 0 Å². The van der Waals surface area contributed by atoms with Crippen molar-refractivity contribution in [3.05, 3.63) is 42.1 Å². The number of benzene rings is 1. The third-order valence-electron chi connectivity index (χ3n) is 3.09. The largest absolute Gasteiger partial charge is 0.342 e. The summed E-state index contributed by atoms with van der Waals surface area (Å²) in [5.41, 5.74) is 1.30. The van der Waals surface area contributed by atoms with E-state index >= 15 is 0 Å². The van der Waals surface area contributed by atoms with Gasteiger partial charge in [0.05, 0.1) is 11.9 Å². The Kier molecular flexibility index (Phi) is 4.10. The van der Waals surface area contributed by atoms with Crippen LogP contribution >= 0.6 is 0 Å². The molecular weight excluding hydrogens is 229 g/mol. The Labute approximate surface area is 106 Å². The fraction of sp³-hybridized carbons (Fsp3) is 0.357. The van der Waals surface area contributed by atoms with Gasteiger partial charge in [0.1, 0.15) is 11.6 Å². The van der Waals surface area contributed by atoms with Crippen molar-refractivity contribution in [3.63, 3.8) is 0 Å². The summed E-state index contributed by atoms with van der Waals surface area (Å²) in [6.07, 6.45) is 2.69. The van der Waals surface area contributed by atoms with Crippen LogP contribution in [0.15, 0.2) is 30.5 Å². The van der Waals surface area contributed by atoms with Crippen molar-refractivity contribution in [1.29, 1.82) is 0 Å². The predicted octanol–water partition coefficient (Wildman–Crippen LogP) is 2.93. The molecule has 4 heteroatoms. The first-order valence-electron chi connectivity index (χ1n) is 6.20. The SMILES string of the molecule is CCC(CNC)c1ncc(-c2ccccc2F)[nH]1. The highest BCUT2D eigenvalue weighted by Crippen LogP contribution is 2.23. The van der Waals surface area contributed by atoms with Crippen LogP contribution in [0.4, 0.5) is 4.39 Å². The van der Waals surface area contributed by atoms with Crippen LogP contribution in [0.25, 0.3) is 11.3 Å². The topological polar surface area (TPSA) is 40.7 Å². The van der Waals surface area contributed by atoms with Gasteiger partial charge < -0.3 is 10.3 Å². The van der Waals surface area contributed by atoms with Crippen LogP contribution in [0.2, 0.25) is 0 Å². The van der Waals surface area contributed by atoms with E-state index in [0.717, 1.165) is 24.5 Å². The van der Waals surface area contributed by atoms with E-state index in [-0.39, 0.29) is 5.82 Å². The van der Waals surface area contributed by atoms with Gasteiger partial charge in [0.15, 0.2) is 0 Å². The van der Waals surface area contributed by atoms with Crippen molar-refractivity contribution in [2.75, 3.05) is 13.6 Å². The van der Waals surface area contributed by atoms with Gasteiger partial charge in [0.2, 0.25) is 0 Å². The number of imidazole rings is 1. The van der Waals surface area contributed by atoms with Gasteiger partial charge in [-0.05, 0) is 25.6 Å². The number of halogens is 1. The van der Waals surface area contributed by atoms with E-state index in [9.17, 15) is 4.39 Å². The smallest absolute Gasteiger partial charge is 0.132 e. The van der Waals surface area contributed by atoms with Gasteiger partial charge in [-0.1, -0.05) is 19.1 Å². The molecule has 1 aromatic carbocycles. The summed E-state index contributed by atoms with van der Waals surface area (Å²) in [6, 6.07) is 6.72. The van der Waals surface area contributed by atoms with Crippen molar-refractivity contribution >= 4 is 0 Å².